The van der Waals surface area contributed by atoms with Crippen molar-refractivity contribution in [3.05, 3.63) is 22.8 Å². The third-order valence-corrected chi connectivity index (χ3v) is 9.21. The van der Waals surface area contributed by atoms with Crippen molar-refractivity contribution in [3.8, 4) is 11.5 Å². The van der Waals surface area contributed by atoms with Crippen LogP contribution in [0.1, 0.15) is 81.8 Å². The predicted molar refractivity (Wildman–Crippen MR) is 113 cm³/mol. The van der Waals surface area contributed by atoms with Gasteiger partial charge >= 0.3 is 5.97 Å². The van der Waals surface area contributed by atoms with Gasteiger partial charge in [-0.1, -0.05) is 20.8 Å². The second kappa shape index (κ2) is 6.15. The van der Waals surface area contributed by atoms with Crippen LogP contribution >= 0.6 is 0 Å². The normalized spacial score (nSPS) is 41.5. The minimum Gasteiger partial charge on any atom is -0.507 e. The SMILES string of the molecule is C[C@@H]1Cc2c3c(cc(O)c2C(=O)O1)O[C@@]1(C)CC[C@H]2C(C)(C)[C@@H](O)CC[C@]2(C)[C@@H]1C3. The number of hydrogen-bond acceptors (Lipinski definition) is 5. The highest BCUT2D eigenvalue weighted by Crippen LogP contribution is 2.65. The van der Waals surface area contributed by atoms with Crippen LogP contribution in [0.5, 0.6) is 11.5 Å². The first-order valence-corrected chi connectivity index (χ1v) is 11.4. The van der Waals surface area contributed by atoms with E-state index >= 15 is 0 Å². The maximum absolute atomic E-state index is 12.5. The Morgan fingerprint density at radius 3 is 2.50 bits per heavy atom. The third-order valence-electron chi connectivity index (χ3n) is 9.21. The van der Waals surface area contributed by atoms with Gasteiger partial charge in [0.1, 0.15) is 28.8 Å². The summed E-state index contributed by atoms with van der Waals surface area (Å²) in [6, 6.07) is 1.62. The van der Waals surface area contributed by atoms with Crippen molar-refractivity contribution in [1.29, 1.82) is 0 Å². The number of benzene rings is 1. The maximum atomic E-state index is 12.5. The van der Waals surface area contributed by atoms with Gasteiger partial charge in [-0.15, -0.1) is 0 Å². The molecule has 5 nitrogen and oxygen atoms in total. The molecule has 5 rings (SSSR count). The van der Waals surface area contributed by atoms with Crippen molar-refractivity contribution in [2.45, 2.75) is 91.0 Å². The van der Waals surface area contributed by atoms with Crippen LogP contribution < -0.4 is 4.74 Å². The molecule has 0 aromatic heterocycles. The van der Waals surface area contributed by atoms with Gasteiger partial charge in [0.05, 0.1) is 6.10 Å². The van der Waals surface area contributed by atoms with Crippen LogP contribution in [-0.2, 0) is 17.6 Å². The highest BCUT2D eigenvalue weighted by molar-refractivity contribution is 5.96. The molecule has 0 radical (unpaired) electrons. The molecule has 0 saturated heterocycles. The second-order valence-corrected chi connectivity index (χ2v) is 11.3. The first kappa shape index (κ1) is 20.2. The van der Waals surface area contributed by atoms with Crippen LogP contribution in [0.15, 0.2) is 6.07 Å². The zero-order valence-corrected chi connectivity index (χ0v) is 18.7. The quantitative estimate of drug-likeness (QED) is 0.616. The number of aliphatic hydroxyl groups excluding tert-OH is 1. The number of cyclic esters (lactones) is 1. The monoisotopic (exact) mass is 414 g/mol. The van der Waals surface area contributed by atoms with E-state index in [1.807, 2.05) is 6.92 Å². The summed E-state index contributed by atoms with van der Waals surface area (Å²) >= 11 is 0. The van der Waals surface area contributed by atoms with Crippen molar-refractivity contribution in [2.24, 2.45) is 22.7 Å². The predicted octanol–water partition coefficient (Wildman–Crippen LogP) is 4.40. The fourth-order valence-corrected chi connectivity index (χ4v) is 7.60. The van der Waals surface area contributed by atoms with Gasteiger partial charge in [0.2, 0.25) is 0 Å². The zero-order chi connectivity index (χ0) is 21.6. The third kappa shape index (κ3) is 2.54. The Morgan fingerprint density at radius 1 is 1.03 bits per heavy atom. The van der Waals surface area contributed by atoms with Crippen LogP contribution in [0.3, 0.4) is 0 Å². The van der Waals surface area contributed by atoms with Crippen LogP contribution in [0.4, 0.5) is 0 Å². The number of ether oxygens (including phenoxy) is 2. The highest BCUT2D eigenvalue weighted by Gasteiger charge is 2.62. The molecular weight excluding hydrogens is 380 g/mol. The second-order valence-electron chi connectivity index (χ2n) is 11.3. The number of phenolic OH excluding ortho intramolecular Hbond substituents is 1. The molecule has 5 heteroatoms. The van der Waals surface area contributed by atoms with Crippen LogP contribution in [0.2, 0.25) is 0 Å². The molecule has 4 aliphatic rings. The average Bonchev–Trinajstić information content (AvgIpc) is 2.63. The number of fused-ring (bicyclic) bond motifs is 6. The number of hydrogen-bond donors (Lipinski definition) is 2. The number of carbonyl (C=O) groups excluding carboxylic acids is 1. The van der Waals surface area contributed by atoms with Crippen LogP contribution in [0.25, 0.3) is 0 Å². The van der Waals surface area contributed by atoms with E-state index in [1.165, 1.54) is 0 Å². The van der Waals surface area contributed by atoms with Gasteiger partial charge in [-0.2, -0.15) is 0 Å². The first-order chi connectivity index (χ1) is 14.0. The van der Waals surface area contributed by atoms with E-state index in [1.54, 1.807) is 6.07 Å². The van der Waals surface area contributed by atoms with E-state index in [0.717, 1.165) is 49.0 Å². The van der Waals surface area contributed by atoms with Gasteiger partial charge < -0.3 is 19.7 Å². The molecule has 0 unspecified atom stereocenters. The fraction of sp³-hybridized carbons (Fsp3) is 0.720. The van der Waals surface area contributed by atoms with E-state index in [4.69, 9.17) is 9.47 Å². The lowest BCUT2D eigenvalue weighted by atomic mass is 9.44. The molecule has 2 aliphatic heterocycles. The molecule has 2 aliphatic carbocycles. The number of aromatic hydroxyl groups is 1. The smallest absolute Gasteiger partial charge is 0.342 e. The number of rotatable bonds is 0. The van der Waals surface area contributed by atoms with Gasteiger partial charge in [0.25, 0.3) is 0 Å². The lowest BCUT2D eigenvalue weighted by Crippen LogP contribution is -2.63. The molecule has 164 valence electrons. The summed E-state index contributed by atoms with van der Waals surface area (Å²) in [5, 5.41) is 21.3. The van der Waals surface area contributed by atoms with Gasteiger partial charge in [-0.25, -0.2) is 4.79 Å². The maximum Gasteiger partial charge on any atom is 0.342 e. The lowest BCUT2D eigenvalue weighted by Gasteiger charge is -2.64. The molecule has 2 heterocycles. The van der Waals surface area contributed by atoms with E-state index in [2.05, 4.69) is 27.7 Å². The standard InChI is InChI=1S/C25H34O5/c1-13-10-15-14-11-19-24(4)8-7-20(27)23(2,3)18(24)6-9-25(19,5)30-17(14)12-16(26)21(15)22(28)29-13/h12-13,18-20,26-27H,6-11H2,1-5H3/t13-,18+,19+,20+,24+,25+/m1/s1. The summed E-state index contributed by atoms with van der Waals surface area (Å²) < 4.78 is 12.1. The molecule has 6 atom stereocenters. The van der Waals surface area contributed by atoms with E-state index < -0.39 is 5.97 Å². The lowest BCUT2D eigenvalue weighted by molar-refractivity contribution is -0.191. The van der Waals surface area contributed by atoms with Gasteiger partial charge in [0, 0.05) is 18.4 Å². The molecule has 0 amide bonds. The van der Waals surface area contributed by atoms with Gasteiger partial charge in [-0.05, 0) is 73.8 Å². The Morgan fingerprint density at radius 2 is 1.77 bits per heavy atom. The highest BCUT2D eigenvalue weighted by atomic mass is 16.5. The molecular formula is C25H34O5. The van der Waals surface area contributed by atoms with Crippen molar-refractivity contribution in [1.82, 2.24) is 0 Å². The minimum absolute atomic E-state index is 0.0375. The van der Waals surface area contributed by atoms with Crippen LogP contribution in [0, 0.1) is 22.7 Å². The van der Waals surface area contributed by atoms with Crippen molar-refractivity contribution in [3.63, 3.8) is 0 Å². The van der Waals surface area contributed by atoms with Crippen molar-refractivity contribution >= 4 is 5.97 Å². The molecule has 1 aromatic rings. The molecule has 30 heavy (non-hydrogen) atoms. The fourth-order valence-electron chi connectivity index (χ4n) is 7.60. The Hall–Kier alpha value is -1.75. The minimum atomic E-state index is -0.438. The molecule has 2 saturated carbocycles. The van der Waals surface area contributed by atoms with E-state index in [0.29, 0.717) is 23.8 Å². The molecule has 0 bridgehead atoms. The summed E-state index contributed by atoms with van der Waals surface area (Å²) in [4.78, 5) is 12.5. The Balaban J connectivity index is 1.63. The van der Waals surface area contributed by atoms with Crippen molar-refractivity contribution < 1.29 is 24.5 Å². The summed E-state index contributed by atoms with van der Waals surface area (Å²) in [5.41, 5.74) is 1.91. The topological polar surface area (TPSA) is 76.0 Å². The number of phenols is 1. The molecule has 2 fully saturated rings. The van der Waals surface area contributed by atoms with Crippen molar-refractivity contribution in [2.75, 3.05) is 0 Å². The molecule has 2 N–H and O–H groups in total. The van der Waals surface area contributed by atoms with E-state index in [-0.39, 0.29) is 34.4 Å². The summed E-state index contributed by atoms with van der Waals surface area (Å²) in [7, 11) is 0. The summed E-state index contributed by atoms with van der Waals surface area (Å²) in [6.07, 6.45) is 4.74. The number of carbonyl (C=O) groups is 1. The largest absolute Gasteiger partial charge is 0.507 e. The van der Waals surface area contributed by atoms with E-state index in [9.17, 15) is 15.0 Å². The molecule has 0 spiro atoms. The van der Waals surface area contributed by atoms with Gasteiger partial charge in [0.15, 0.2) is 0 Å². The zero-order valence-electron chi connectivity index (χ0n) is 18.7. The Kier molecular flexibility index (Phi) is 4.14. The Bertz CT molecular complexity index is 921. The number of esters is 1. The number of aliphatic hydroxyl groups is 1. The summed E-state index contributed by atoms with van der Waals surface area (Å²) in [5.74, 6) is 0.972. The summed E-state index contributed by atoms with van der Waals surface area (Å²) in [6.45, 7) is 10.9. The van der Waals surface area contributed by atoms with Crippen LogP contribution in [-0.4, -0.2) is 34.0 Å². The first-order valence-electron chi connectivity index (χ1n) is 11.4. The average molecular weight is 415 g/mol. The van der Waals surface area contributed by atoms with Gasteiger partial charge in [-0.3, -0.25) is 0 Å². The Labute approximate surface area is 178 Å². The molecule has 1 aromatic carbocycles.